The normalized spacial score (nSPS) is 15.0. The van der Waals surface area contributed by atoms with Gasteiger partial charge in [-0.15, -0.1) is 0 Å². The van der Waals surface area contributed by atoms with E-state index in [1.54, 1.807) is 30.3 Å². The Morgan fingerprint density at radius 3 is 2.48 bits per heavy atom. The van der Waals surface area contributed by atoms with Crippen molar-refractivity contribution in [2.75, 3.05) is 37.7 Å². The van der Waals surface area contributed by atoms with Gasteiger partial charge in [0, 0.05) is 17.7 Å². The van der Waals surface area contributed by atoms with Crippen molar-refractivity contribution < 1.29 is 9.53 Å². The third-order valence-corrected chi connectivity index (χ3v) is 4.57. The van der Waals surface area contributed by atoms with Gasteiger partial charge in [0.15, 0.2) is 5.78 Å². The van der Waals surface area contributed by atoms with E-state index in [2.05, 4.69) is 4.90 Å². The molecule has 2 aromatic rings. The van der Waals surface area contributed by atoms with Crippen LogP contribution in [0.25, 0.3) is 0 Å². The van der Waals surface area contributed by atoms with Gasteiger partial charge in [0.05, 0.1) is 11.4 Å². The Bertz CT molecular complexity index is 739. The Labute approximate surface area is 148 Å². The van der Waals surface area contributed by atoms with Gasteiger partial charge in [0.25, 0.3) is 0 Å². The molecule has 5 nitrogen and oxygen atoms in total. The van der Waals surface area contributed by atoms with Gasteiger partial charge in [-0.05, 0) is 56.3 Å². The van der Waals surface area contributed by atoms with Crippen molar-refractivity contribution >= 4 is 17.2 Å². The second-order valence-corrected chi connectivity index (χ2v) is 6.45. The van der Waals surface area contributed by atoms with Gasteiger partial charge >= 0.3 is 0 Å². The van der Waals surface area contributed by atoms with Crippen LogP contribution in [0.15, 0.2) is 42.5 Å². The minimum atomic E-state index is -0.0896. The molecule has 1 fully saturated rings. The summed E-state index contributed by atoms with van der Waals surface area (Å²) < 4.78 is 5.84. The highest BCUT2D eigenvalue weighted by Gasteiger charge is 2.12. The van der Waals surface area contributed by atoms with E-state index in [0.717, 1.165) is 19.6 Å². The van der Waals surface area contributed by atoms with Crippen LogP contribution in [0.2, 0.25) is 0 Å². The Morgan fingerprint density at radius 1 is 0.960 bits per heavy atom. The minimum absolute atomic E-state index is 0.0896. The third kappa shape index (κ3) is 4.51. The van der Waals surface area contributed by atoms with E-state index in [9.17, 15) is 4.79 Å². The number of nitrogen functional groups attached to an aromatic ring is 2. The molecule has 1 saturated heterocycles. The zero-order valence-corrected chi connectivity index (χ0v) is 14.4. The number of carbonyl (C=O) groups excluding carboxylic acids is 1. The lowest BCUT2D eigenvalue weighted by atomic mass is 10.0. The van der Waals surface area contributed by atoms with Crippen molar-refractivity contribution in [2.24, 2.45) is 0 Å². The lowest BCUT2D eigenvalue weighted by molar-refractivity contribution is 0.103. The summed E-state index contributed by atoms with van der Waals surface area (Å²) >= 11 is 0. The number of rotatable bonds is 6. The number of hydrogen-bond donors (Lipinski definition) is 2. The number of anilines is 2. The first kappa shape index (κ1) is 17.3. The second-order valence-electron chi connectivity index (χ2n) is 6.45. The molecular formula is C20H25N3O2. The van der Waals surface area contributed by atoms with Gasteiger partial charge in [-0.25, -0.2) is 0 Å². The van der Waals surface area contributed by atoms with Crippen LogP contribution >= 0.6 is 0 Å². The van der Waals surface area contributed by atoms with Crippen molar-refractivity contribution in [3.05, 3.63) is 53.6 Å². The average molecular weight is 339 g/mol. The number of nitrogens with zero attached hydrogens (tertiary/aromatic N) is 1. The number of ketones is 1. The Kier molecular flexibility index (Phi) is 5.56. The summed E-state index contributed by atoms with van der Waals surface area (Å²) in [6.45, 7) is 3.86. The number of carbonyl (C=O) groups is 1. The molecule has 0 atom stereocenters. The molecule has 0 radical (unpaired) electrons. The van der Waals surface area contributed by atoms with Gasteiger partial charge in [-0.1, -0.05) is 18.6 Å². The summed E-state index contributed by atoms with van der Waals surface area (Å²) in [6, 6.07) is 12.2. The van der Waals surface area contributed by atoms with Gasteiger partial charge in [0.1, 0.15) is 12.4 Å². The number of likely N-dealkylation sites (tertiary alicyclic amines) is 1. The fraction of sp³-hybridized carbons (Fsp3) is 0.350. The van der Waals surface area contributed by atoms with Crippen LogP contribution in [0.3, 0.4) is 0 Å². The first-order chi connectivity index (χ1) is 12.1. The number of benzene rings is 2. The van der Waals surface area contributed by atoms with Crippen LogP contribution in [0.5, 0.6) is 5.75 Å². The maximum absolute atomic E-state index is 12.6. The van der Waals surface area contributed by atoms with Gasteiger partial charge in [0.2, 0.25) is 0 Å². The molecule has 0 aliphatic carbocycles. The topological polar surface area (TPSA) is 81.6 Å². The molecular weight excluding hydrogens is 314 g/mol. The number of nitrogens with two attached hydrogens (primary N) is 2. The summed E-state index contributed by atoms with van der Waals surface area (Å²) in [4.78, 5) is 15.0. The molecule has 0 amide bonds. The molecule has 0 saturated carbocycles. The molecule has 1 aliphatic heterocycles. The highest BCUT2D eigenvalue weighted by molar-refractivity contribution is 6.10. The maximum atomic E-state index is 12.6. The minimum Gasteiger partial charge on any atom is -0.492 e. The van der Waals surface area contributed by atoms with Crippen LogP contribution in [-0.2, 0) is 0 Å². The van der Waals surface area contributed by atoms with E-state index in [1.165, 1.54) is 19.3 Å². The first-order valence-electron chi connectivity index (χ1n) is 8.78. The molecule has 25 heavy (non-hydrogen) atoms. The fourth-order valence-electron chi connectivity index (χ4n) is 3.09. The van der Waals surface area contributed by atoms with E-state index >= 15 is 0 Å². The molecule has 0 spiro atoms. The third-order valence-electron chi connectivity index (χ3n) is 4.57. The fourth-order valence-corrected chi connectivity index (χ4v) is 3.09. The molecule has 1 heterocycles. The van der Waals surface area contributed by atoms with Crippen LogP contribution < -0.4 is 16.2 Å². The van der Waals surface area contributed by atoms with Crippen molar-refractivity contribution in [1.82, 2.24) is 4.90 Å². The van der Waals surface area contributed by atoms with Gasteiger partial charge in [-0.2, -0.15) is 0 Å². The van der Waals surface area contributed by atoms with Crippen LogP contribution in [-0.4, -0.2) is 36.9 Å². The molecule has 2 aromatic carbocycles. The monoisotopic (exact) mass is 339 g/mol. The SMILES string of the molecule is Nc1ccc(C(=O)c2cccc(OCCN3CCCCC3)c2)cc1N. The standard InChI is InChI=1S/C20H25N3O2/c21-18-8-7-16(14-19(18)22)20(24)15-5-4-6-17(13-15)25-12-11-23-9-2-1-3-10-23/h4-8,13-14H,1-3,9-12,21-22H2. The smallest absolute Gasteiger partial charge is 0.193 e. The van der Waals surface area contributed by atoms with Crippen LogP contribution in [0.1, 0.15) is 35.2 Å². The number of piperidine rings is 1. The van der Waals surface area contributed by atoms with Crippen molar-refractivity contribution in [3.63, 3.8) is 0 Å². The summed E-state index contributed by atoms with van der Waals surface area (Å²) in [7, 11) is 0. The Morgan fingerprint density at radius 2 is 1.72 bits per heavy atom. The predicted molar refractivity (Wildman–Crippen MR) is 101 cm³/mol. The Hall–Kier alpha value is -2.53. The van der Waals surface area contributed by atoms with Crippen LogP contribution in [0.4, 0.5) is 11.4 Å². The van der Waals surface area contributed by atoms with Gasteiger partial charge in [-0.3, -0.25) is 9.69 Å². The van der Waals surface area contributed by atoms with Crippen molar-refractivity contribution in [1.29, 1.82) is 0 Å². The van der Waals surface area contributed by atoms with E-state index in [1.807, 2.05) is 12.1 Å². The molecule has 3 rings (SSSR count). The maximum Gasteiger partial charge on any atom is 0.193 e. The summed E-state index contributed by atoms with van der Waals surface area (Å²) in [5.41, 5.74) is 13.5. The zero-order valence-electron chi connectivity index (χ0n) is 14.4. The summed E-state index contributed by atoms with van der Waals surface area (Å²) in [5.74, 6) is 0.624. The molecule has 1 aliphatic rings. The highest BCUT2D eigenvalue weighted by Crippen LogP contribution is 2.21. The van der Waals surface area contributed by atoms with E-state index in [0.29, 0.717) is 34.9 Å². The molecule has 0 aromatic heterocycles. The lowest BCUT2D eigenvalue weighted by Crippen LogP contribution is -2.33. The lowest BCUT2D eigenvalue weighted by Gasteiger charge is -2.26. The summed E-state index contributed by atoms with van der Waals surface area (Å²) in [6.07, 6.45) is 3.88. The van der Waals surface area contributed by atoms with E-state index in [-0.39, 0.29) is 5.78 Å². The number of ether oxygens (including phenoxy) is 1. The van der Waals surface area contributed by atoms with Crippen LogP contribution in [0, 0.1) is 0 Å². The first-order valence-corrected chi connectivity index (χ1v) is 8.78. The molecule has 5 heteroatoms. The predicted octanol–water partition coefficient (Wildman–Crippen LogP) is 2.95. The molecule has 0 unspecified atom stereocenters. The largest absolute Gasteiger partial charge is 0.492 e. The number of hydrogen-bond acceptors (Lipinski definition) is 5. The second kappa shape index (κ2) is 8.03. The zero-order chi connectivity index (χ0) is 17.6. The van der Waals surface area contributed by atoms with Gasteiger partial charge < -0.3 is 16.2 Å². The average Bonchev–Trinajstić information content (AvgIpc) is 2.64. The molecule has 132 valence electrons. The van der Waals surface area contributed by atoms with E-state index < -0.39 is 0 Å². The van der Waals surface area contributed by atoms with Crippen molar-refractivity contribution in [3.8, 4) is 5.75 Å². The van der Waals surface area contributed by atoms with E-state index in [4.69, 9.17) is 16.2 Å². The Balaban J connectivity index is 1.62. The van der Waals surface area contributed by atoms with Crippen molar-refractivity contribution in [2.45, 2.75) is 19.3 Å². The molecule has 0 bridgehead atoms. The highest BCUT2D eigenvalue weighted by atomic mass is 16.5. The summed E-state index contributed by atoms with van der Waals surface area (Å²) in [5, 5.41) is 0. The molecule has 4 N–H and O–H groups in total. The quantitative estimate of drug-likeness (QED) is 0.625.